The Morgan fingerprint density at radius 2 is 1.59 bits per heavy atom. The lowest BCUT2D eigenvalue weighted by molar-refractivity contribution is -0.148. The van der Waals surface area contributed by atoms with E-state index in [4.69, 9.17) is 4.74 Å². The Hall–Kier alpha value is -1.16. The molecule has 0 spiro atoms. The summed E-state index contributed by atoms with van der Waals surface area (Å²) in [6.07, 6.45) is 19.0. The van der Waals surface area contributed by atoms with Crippen molar-refractivity contribution in [2.75, 3.05) is 13.3 Å². The van der Waals surface area contributed by atoms with Crippen LogP contribution in [0.5, 0.6) is 0 Å². The smallest absolute Gasteiger partial charge is 0.302 e. The number of esters is 1. The molecule has 0 aromatic carbocycles. The zero-order valence-corrected chi connectivity index (χ0v) is 20.8. The van der Waals surface area contributed by atoms with E-state index < -0.39 is 0 Å². The van der Waals surface area contributed by atoms with Crippen molar-refractivity contribution in [3.8, 4) is 0 Å². The number of alkyl halides is 1. The van der Waals surface area contributed by atoms with Crippen LogP contribution in [0.2, 0.25) is 0 Å². The first kappa shape index (κ1) is 27.1. The molecule has 184 valence electrons. The number of carbonyl (C=O) groups excluding carboxylic acids is 1. The number of aliphatic hydroxyl groups is 1. The van der Waals surface area contributed by atoms with Gasteiger partial charge in [0.25, 0.3) is 0 Å². The van der Waals surface area contributed by atoms with Crippen LogP contribution in [0.1, 0.15) is 104 Å². The lowest BCUT2D eigenvalue weighted by Crippen LogP contribution is -2.28. The molecule has 0 aliphatic heterocycles. The molecule has 32 heavy (non-hydrogen) atoms. The highest BCUT2D eigenvalue weighted by atomic mass is 19.1. The minimum atomic E-state index is -0.235. The molecule has 4 heteroatoms. The van der Waals surface area contributed by atoms with Gasteiger partial charge in [0, 0.05) is 20.0 Å². The van der Waals surface area contributed by atoms with Gasteiger partial charge in [0.1, 0.15) is 6.10 Å². The van der Waals surface area contributed by atoms with Crippen molar-refractivity contribution in [2.24, 2.45) is 23.7 Å². The standard InChI is InChI=1S/C28H47FO3/c1-21(6-4-5-18-29)7-8-22(2)25-13-15-27(16-14-25)26-11-9-24(10-12-26)20-28(17-19-30)32-23(3)31/h7-8,24-28,30H,4-6,9-20H2,1-3H3/b21-7+,22-8+. The van der Waals surface area contributed by atoms with Gasteiger partial charge in [-0.3, -0.25) is 9.18 Å². The molecule has 3 nitrogen and oxygen atoms in total. The first-order valence-electron chi connectivity index (χ1n) is 13.1. The molecule has 0 heterocycles. The zero-order chi connectivity index (χ0) is 23.3. The van der Waals surface area contributed by atoms with E-state index in [1.165, 1.54) is 69.4 Å². The third kappa shape index (κ3) is 9.77. The van der Waals surface area contributed by atoms with E-state index in [-0.39, 0.29) is 25.4 Å². The van der Waals surface area contributed by atoms with Crippen molar-refractivity contribution >= 4 is 5.97 Å². The Morgan fingerprint density at radius 3 is 2.16 bits per heavy atom. The number of carbonyl (C=O) groups is 1. The van der Waals surface area contributed by atoms with E-state index in [9.17, 15) is 14.3 Å². The second-order valence-electron chi connectivity index (χ2n) is 10.4. The summed E-state index contributed by atoms with van der Waals surface area (Å²) in [6, 6.07) is 0. The van der Waals surface area contributed by atoms with Crippen molar-refractivity contribution in [1.29, 1.82) is 0 Å². The van der Waals surface area contributed by atoms with Crippen LogP contribution in [0.15, 0.2) is 23.3 Å². The van der Waals surface area contributed by atoms with E-state index in [0.29, 0.717) is 18.8 Å². The molecule has 0 radical (unpaired) electrons. The molecule has 2 rings (SSSR count). The highest BCUT2D eigenvalue weighted by Crippen LogP contribution is 2.43. The van der Waals surface area contributed by atoms with Crippen LogP contribution in [0.25, 0.3) is 0 Å². The van der Waals surface area contributed by atoms with Gasteiger partial charge in [-0.2, -0.15) is 0 Å². The average molecular weight is 451 g/mol. The maximum Gasteiger partial charge on any atom is 0.302 e. The third-order valence-corrected chi connectivity index (χ3v) is 7.94. The first-order chi connectivity index (χ1) is 15.4. The topological polar surface area (TPSA) is 46.5 Å². The Balaban J connectivity index is 1.72. The van der Waals surface area contributed by atoms with Crippen molar-refractivity contribution < 1.29 is 19.0 Å². The van der Waals surface area contributed by atoms with E-state index in [2.05, 4.69) is 26.0 Å². The third-order valence-electron chi connectivity index (χ3n) is 7.94. The van der Waals surface area contributed by atoms with Crippen molar-refractivity contribution in [1.82, 2.24) is 0 Å². The Kier molecular flexibility index (Phi) is 12.6. The fourth-order valence-electron chi connectivity index (χ4n) is 5.91. The normalized spacial score (nSPS) is 28.4. The van der Waals surface area contributed by atoms with Gasteiger partial charge < -0.3 is 9.84 Å². The van der Waals surface area contributed by atoms with Gasteiger partial charge >= 0.3 is 5.97 Å². The number of allylic oxidation sites excluding steroid dienone is 4. The summed E-state index contributed by atoms with van der Waals surface area (Å²) in [4.78, 5) is 11.3. The highest BCUT2D eigenvalue weighted by Gasteiger charge is 2.32. The molecule has 0 saturated heterocycles. The van der Waals surface area contributed by atoms with Gasteiger partial charge in [-0.25, -0.2) is 0 Å². The number of rotatable bonds is 12. The van der Waals surface area contributed by atoms with Crippen molar-refractivity contribution in [2.45, 2.75) is 110 Å². The molecular weight excluding hydrogens is 403 g/mol. The monoisotopic (exact) mass is 450 g/mol. The van der Waals surface area contributed by atoms with Gasteiger partial charge in [-0.05, 0) is 102 Å². The predicted molar refractivity (Wildman–Crippen MR) is 130 cm³/mol. The van der Waals surface area contributed by atoms with E-state index in [0.717, 1.165) is 37.0 Å². The van der Waals surface area contributed by atoms with Crippen LogP contribution in [-0.4, -0.2) is 30.5 Å². The van der Waals surface area contributed by atoms with Gasteiger partial charge in [-0.15, -0.1) is 0 Å². The molecule has 2 fully saturated rings. The largest absolute Gasteiger partial charge is 0.462 e. The fraction of sp³-hybridized carbons (Fsp3) is 0.821. The lowest BCUT2D eigenvalue weighted by atomic mass is 9.68. The van der Waals surface area contributed by atoms with Crippen LogP contribution in [0, 0.1) is 23.7 Å². The zero-order valence-electron chi connectivity index (χ0n) is 20.8. The average Bonchev–Trinajstić information content (AvgIpc) is 2.78. The van der Waals surface area contributed by atoms with Gasteiger partial charge in [0.15, 0.2) is 0 Å². The van der Waals surface area contributed by atoms with E-state index in [1.807, 2.05) is 0 Å². The quantitative estimate of drug-likeness (QED) is 0.192. The minimum absolute atomic E-state index is 0.0822. The maximum absolute atomic E-state index is 12.2. The van der Waals surface area contributed by atoms with Crippen molar-refractivity contribution in [3.05, 3.63) is 23.3 Å². The first-order valence-corrected chi connectivity index (χ1v) is 13.1. The SMILES string of the molecule is CC(=O)OC(CCO)CC1CCC(C2CCC(/C(C)=C/C=C(\C)CCCCF)CC2)CC1. The molecule has 1 atom stereocenters. The van der Waals surface area contributed by atoms with Crippen LogP contribution in [0.3, 0.4) is 0 Å². The molecule has 1 N–H and O–H groups in total. The molecule has 0 aromatic rings. The number of ether oxygens (including phenoxy) is 1. The molecular formula is C28H47FO3. The number of unbranched alkanes of at least 4 members (excludes halogenated alkanes) is 1. The lowest BCUT2D eigenvalue weighted by Gasteiger charge is -2.38. The molecule has 0 amide bonds. The van der Waals surface area contributed by atoms with Crippen molar-refractivity contribution in [3.63, 3.8) is 0 Å². The summed E-state index contributed by atoms with van der Waals surface area (Å²) in [5, 5.41) is 9.25. The Labute approximate surface area is 195 Å². The summed E-state index contributed by atoms with van der Waals surface area (Å²) < 4.78 is 17.7. The summed E-state index contributed by atoms with van der Waals surface area (Å²) in [7, 11) is 0. The molecule has 0 aromatic heterocycles. The molecule has 2 aliphatic carbocycles. The number of hydrogen-bond donors (Lipinski definition) is 1. The maximum atomic E-state index is 12.2. The second-order valence-corrected chi connectivity index (χ2v) is 10.4. The number of halogens is 1. The predicted octanol–water partition coefficient (Wildman–Crippen LogP) is 7.34. The molecule has 2 aliphatic rings. The Bertz CT molecular complexity index is 596. The molecule has 1 unspecified atom stereocenters. The number of aliphatic hydroxyl groups excluding tert-OH is 1. The number of hydrogen-bond acceptors (Lipinski definition) is 3. The van der Waals surface area contributed by atoms with Gasteiger partial charge in [0.2, 0.25) is 0 Å². The summed E-state index contributed by atoms with van der Waals surface area (Å²) >= 11 is 0. The van der Waals surface area contributed by atoms with E-state index >= 15 is 0 Å². The summed E-state index contributed by atoms with van der Waals surface area (Å²) in [5.74, 6) is 2.85. The highest BCUT2D eigenvalue weighted by molar-refractivity contribution is 5.66. The van der Waals surface area contributed by atoms with Gasteiger partial charge in [0.05, 0.1) is 6.67 Å². The van der Waals surface area contributed by atoms with Crippen LogP contribution in [0.4, 0.5) is 4.39 Å². The van der Waals surface area contributed by atoms with Gasteiger partial charge in [-0.1, -0.05) is 36.1 Å². The summed E-state index contributed by atoms with van der Waals surface area (Å²) in [6.45, 7) is 5.78. The van der Waals surface area contributed by atoms with Crippen LogP contribution < -0.4 is 0 Å². The summed E-state index contributed by atoms with van der Waals surface area (Å²) in [5.41, 5.74) is 2.87. The van der Waals surface area contributed by atoms with Crippen LogP contribution in [-0.2, 0) is 9.53 Å². The molecule has 0 bridgehead atoms. The van der Waals surface area contributed by atoms with Crippen LogP contribution >= 0.6 is 0 Å². The molecule has 2 saturated carbocycles. The fourth-order valence-corrected chi connectivity index (χ4v) is 5.91. The van der Waals surface area contributed by atoms with E-state index in [1.54, 1.807) is 0 Å². The Morgan fingerprint density at radius 1 is 0.969 bits per heavy atom. The second kappa shape index (κ2) is 14.9. The minimum Gasteiger partial charge on any atom is -0.462 e.